The lowest BCUT2D eigenvalue weighted by molar-refractivity contribution is 0.504. The zero-order chi connectivity index (χ0) is 13.8. The summed E-state index contributed by atoms with van der Waals surface area (Å²) in [4.78, 5) is -0.302. The highest BCUT2D eigenvalue weighted by molar-refractivity contribution is 7.89. The predicted octanol–water partition coefficient (Wildman–Crippen LogP) is 2.65. The third-order valence-electron chi connectivity index (χ3n) is 2.39. The molecule has 0 spiro atoms. The number of alkyl halides is 1. The van der Waals surface area contributed by atoms with Crippen LogP contribution in [0, 0.1) is 11.6 Å². The number of hydrogen-bond donors (Lipinski definition) is 1. The molecule has 1 aromatic carbocycles. The normalized spacial score (nSPS) is 13.6. The van der Waals surface area contributed by atoms with Crippen molar-refractivity contribution in [2.75, 3.05) is 6.54 Å². The lowest BCUT2D eigenvalue weighted by Gasteiger charge is -2.09. The van der Waals surface area contributed by atoms with Gasteiger partial charge >= 0.3 is 0 Å². The molecule has 0 bridgehead atoms. The number of benzene rings is 1. The standard InChI is InChI=1S/C11H14ClF2NO2S/c1-2-8(12)5-6-15-18(16,17)9-3-4-10(13)11(14)7-9/h3-4,7-8,15H,2,5-6H2,1H3. The maximum Gasteiger partial charge on any atom is 0.240 e. The van der Waals surface area contributed by atoms with Crippen LogP contribution in [0.25, 0.3) is 0 Å². The number of hydrogen-bond acceptors (Lipinski definition) is 2. The molecule has 18 heavy (non-hydrogen) atoms. The zero-order valence-electron chi connectivity index (χ0n) is 9.79. The first-order chi connectivity index (χ1) is 8.36. The second kappa shape index (κ2) is 6.45. The number of rotatable bonds is 6. The summed E-state index contributed by atoms with van der Waals surface area (Å²) in [7, 11) is -3.82. The van der Waals surface area contributed by atoms with Gasteiger partial charge in [0.25, 0.3) is 0 Å². The van der Waals surface area contributed by atoms with Crippen LogP contribution in [0.2, 0.25) is 0 Å². The van der Waals surface area contributed by atoms with E-state index in [9.17, 15) is 17.2 Å². The summed E-state index contributed by atoms with van der Waals surface area (Å²) >= 11 is 5.84. The minimum atomic E-state index is -3.82. The fourth-order valence-electron chi connectivity index (χ4n) is 1.28. The van der Waals surface area contributed by atoms with Crippen molar-refractivity contribution >= 4 is 21.6 Å². The maximum absolute atomic E-state index is 12.9. The molecular weight excluding hydrogens is 284 g/mol. The minimum Gasteiger partial charge on any atom is -0.211 e. The van der Waals surface area contributed by atoms with E-state index in [4.69, 9.17) is 11.6 Å². The van der Waals surface area contributed by atoms with Crippen LogP contribution in [0.3, 0.4) is 0 Å². The van der Waals surface area contributed by atoms with Crippen LogP contribution in [0.1, 0.15) is 19.8 Å². The van der Waals surface area contributed by atoms with Gasteiger partial charge in [0.1, 0.15) is 0 Å². The van der Waals surface area contributed by atoms with Gasteiger partial charge in [-0.15, -0.1) is 11.6 Å². The molecule has 7 heteroatoms. The highest BCUT2D eigenvalue weighted by Crippen LogP contribution is 2.14. The minimum absolute atomic E-state index is 0.113. The van der Waals surface area contributed by atoms with Crippen molar-refractivity contribution in [2.24, 2.45) is 0 Å². The summed E-state index contributed by atoms with van der Waals surface area (Å²) in [6.45, 7) is 2.05. The van der Waals surface area contributed by atoms with E-state index in [1.165, 1.54) is 0 Å². The van der Waals surface area contributed by atoms with Gasteiger partial charge < -0.3 is 0 Å². The first-order valence-corrected chi connectivity index (χ1v) is 7.37. The predicted molar refractivity (Wildman–Crippen MR) is 66.1 cm³/mol. The number of sulfonamides is 1. The van der Waals surface area contributed by atoms with Crippen molar-refractivity contribution in [3.8, 4) is 0 Å². The summed E-state index contributed by atoms with van der Waals surface area (Å²) in [6.07, 6.45) is 1.20. The molecule has 1 N–H and O–H groups in total. The Bertz CT molecular complexity index is 508. The number of halogens is 3. The lowest BCUT2D eigenvalue weighted by Crippen LogP contribution is -2.26. The molecule has 1 aromatic rings. The molecule has 1 atom stereocenters. The highest BCUT2D eigenvalue weighted by Gasteiger charge is 2.16. The van der Waals surface area contributed by atoms with Gasteiger partial charge in [0.15, 0.2) is 11.6 Å². The summed E-state index contributed by atoms with van der Waals surface area (Å²) < 4.78 is 51.3. The van der Waals surface area contributed by atoms with Gasteiger partial charge in [-0.2, -0.15) is 0 Å². The molecule has 0 radical (unpaired) electrons. The molecule has 3 nitrogen and oxygen atoms in total. The van der Waals surface area contributed by atoms with Crippen molar-refractivity contribution in [1.82, 2.24) is 4.72 Å². The monoisotopic (exact) mass is 297 g/mol. The SMILES string of the molecule is CCC(Cl)CCNS(=O)(=O)c1ccc(F)c(F)c1. The highest BCUT2D eigenvalue weighted by atomic mass is 35.5. The van der Waals surface area contributed by atoms with Gasteiger partial charge in [-0.3, -0.25) is 0 Å². The van der Waals surface area contributed by atoms with Crippen LogP contribution < -0.4 is 4.72 Å². The first kappa shape index (κ1) is 15.3. The van der Waals surface area contributed by atoms with Crippen molar-refractivity contribution in [3.63, 3.8) is 0 Å². The molecule has 0 aliphatic heterocycles. The van der Waals surface area contributed by atoms with Gasteiger partial charge in [-0.25, -0.2) is 21.9 Å². The smallest absolute Gasteiger partial charge is 0.211 e. The molecule has 1 rings (SSSR count). The van der Waals surface area contributed by atoms with E-state index < -0.39 is 21.7 Å². The Labute approximate surface area is 110 Å². The van der Waals surface area contributed by atoms with E-state index in [-0.39, 0.29) is 16.8 Å². The van der Waals surface area contributed by atoms with Crippen LogP contribution in [-0.2, 0) is 10.0 Å². The van der Waals surface area contributed by atoms with E-state index in [1.54, 1.807) is 0 Å². The second-order valence-electron chi connectivity index (χ2n) is 3.77. The van der Waals surface area contributed by atoms with Crippen LogP contribution in [0.15, 0.2) is 23.1 Å². The Morgan fingerprint density at radius 2 is 2.00 bits per heavy atom. The van der Waals surface area contributed by atoms with Crippen molar-refractivity contribution in [1.29, 1.82) is 0 Å². The first-order valence-electron chi connectivity index (χ1n) is 5.45. The van der Waals surface area contributed by atoms with Gasteiger partial charge in [0.2, 0.25) is 10.0 Å². The average Bonchev–Trinajstić information content (AvgIpc) is 2.32. The Morgan fingerprint density at radius 3 is 2.56 bits per heavy atom. The molecule has 0 fully saturated rings. The topological polar surface area (TPSA) is 46.2 Å². The van der Waals surface area contributed by atoms with Crippen LogP contribution >= 0.6 is 11.6 Å². The molecule has 0 saturated carbocycles. The lowest BCUT2D eigenvalue weighted by atomic mass is 10.2. The average molecular weight is 298 g/mol. The molecule has 0 heterocycles. The molecule has 1 unspecified atom stereocenters. The van der Waals surface area contributed by atoms with Crippen LogP contribution in [0.4, 0.5) is 8.78 Å². The largest absolute Gasteiger partial charge is 0.240 e. The third kappa shape index (κ3) is 4.19. The maximum atomic E-state index is 12.9. The fourth-order valence-corrected chi connectivity index (χ4v) is 2.45. The van der Waals surface area contributed by atoms with Crippen molar-refractivity contribution in [3.05, 3.63) is 29.8 Å². The van der Waals surface area contributed by atoms with E-state index in [1.807, 2.05) is 6.92 Å². The van der Waals surface area contributed by atoms with Crippen molar-refractivity contribution < 1.29 is 17.2 Å². The Morgan fingerprint density at radius 1 is 1.33 bits per heavy atom. The number of nitrogens with one attached hydrogen (secondary N) is 1. The molecule has 0 aliphatic rings. The van der Waals surface area contributed by atoms with E-state index in [2.05, 4.69) is 4.72 Å². The second-order valence-corrected chi connectivity index (χ2v) is 6.15. The van der Waals surface area contributed by atoms with Crippen molar-refractivity contribution in [2.45, 2.75) is 30.0 Å². The molecule has 102 valence electrons. The van der Waals surface area contributed by atoms with E-state index in [0.717, 1.165) is 18.6 Å². The summed E-state index contributed by atoms with van der Waals surface area (Å²) in [5.74, 6) is -2.28. The molecule has 0 amide bonds. The Balaban J connectivity index is 2.71. The van der Waals surface area contributed by atoms with E-state index >= 15 is 0 Å². The molecule has 0 aromatic heterocycles. The zero-order valence-corrected chi connectivity index (χ0v) is 11.4. The molecule has 0 saturated heterocycles. The van der Waals surface area contributed by atoms with Crippen LogP contribution in [-0.4, -0.2) is 20.3 Å². The van der Waals surface area contributed by atoms with Gasteiger partial charge in [0.05, 0.1) is 4.90 Å². The Hall–Kier alpha value is -0.720. The summed E-state index contributed by atoms with van der Waals surface area (Å²) in [5, 5.41) is -0.113. The fraction of sp³-hybridized carbons (Fsp3) is 0.455. The third-order valence-corrected chi connectivity index (χ3v) is 4.38. The quantitative estimate of drug-likeness (QED) is 0.821. The van der Waals surface area contributed by atoms with Gasteiger partial charge in [-0.1, -0.05) is 6.92 Å². The van der Waals surface area contributed by atoms with Crippen LogP contribution in [0.5, 0.6) is 0 Å². The van der Waals surface area contributed by atoms with E-state index in [0.29, 0.717) is 12.5 Å². The Kier molecular flexibility index (Phi) is 5.49. The molecule has 0 aliphatic carbocycles. The summed E-state index contributed by atoms with van der Waals surface area (Å²) in [5.41, 5.74) is 0. The molecular formula is C11H14ClF2NO2S. The summed E-state index contributed by atoms with van der Waals surface area (Å²) in [6, 6.07) is 2.44. The van der Waals surface area contributed by atoms with Gasteiger partial charge in [0, 0.05) is 11.9 Å². The van der Waals surface area contributed by atoms with Gasteiger partial charge in [-0.05, 0) is 31.0 Å².